The van der Waals surface area contributed by atoms with Gasteiger partial charge in [0.1, 0.15) is 6.61 Å². The maximum absolute atomic E-state index is 12.0. The number of hydrogen-bond donors (Lipinski definition) is 0. The van der Waals surface area contributed by atoms with Crippen LogP contribution in [0.15, 0.2) is 60.7 Å². The van der Waals surface area contributed by atoms with E-state index in [2.05, 4.69) is 0 Å². The molecule has 1 fully saturated rings. The Kier molecular flexibility index (Phi) is 5.62. The van der Waals surface area contributed by atoms with Gasteiger partial charge in [0.25, 0.3) is 0 Å². The summed E-state index contributed by atoms with van der Waals surface area (Å²) >= 11 is 0. The van der Waals surface area contributed by atoms with E-state index in [-0.39, 0.29) is 18.5 Å². The zero-order chi connectivity index (χ0) is 17.5. The number of nitrogens with zero attached hydrogens (tertiary/aromatic N) is 1. The molecule has 0 unspecified atom stereocenters. The Balaban J connectivity index is 1.49. The van der Waals surface area contributed by atoms with Gasteiger partial charge in [0, 0.05) is 19.5 Å². The summed E-state index contributed by atoms with van der Waals surface area (Å²) in [6.07, 6.45) is 5.31. The first-order valence-corrected chi connectivity index (χ1v) is 8.48. The van der Waals surface area contributed by atoms with Crippen LogP contribution in [-0.2, 0) is 16.1 Å². The number of rotatable bonds is 6. The van der Waals surface area contributed by atoms with Crippen LogP contribution in [-0.4, -0.2) is 29.9 Å². The van der Waals surface area contributed by atoms with E-state index >= 15 is 0 Å². The molecule has 4 nitrogen and oxygen atoms in total. The predicted molar refractivity (Wildman–Crippen MR) is 96.9 cm³/mol. The minimum Gasteiger partial charge on any atom is -0.458 e. The van der Waals surface area contributed by atoms with Crippen LogP contribution in [0.4, 0.5) is 0 Å². The Morgan fingerprint density at radius 1 is 1.08 bits per heavy atom. The zero-order valence-corrected chi connectivity index (χ0v) is 14.1. The molecule has 0 atom stereocenters. The molecule has 0 radical (unpaired) electrons. The first-order valence-electron chi connectivity index (χ1n) is 8.48. The molecule has 0 N–H and O–H groups in total. The molecule has 2 aromatic rings. The highest BCUT2D eigenvalue weighted by Crippen LogP contribution is 2.15. The maximum atomic E-state index is 12.0. The number of carbonyl (C=O) groups is 2. The summed E-state index contributed by atoms with van der Waals surface area (Å²) in [6.45, 7) is 1.65. The lowest BCUT2D eigenvalue weighted by Gasteiger charge is -2.15. The van der Waals surface area contributed by atoms with Crippen LogP contribution in [0.3, 0.4) is 0 Å². The lowest BCUT2D eigenvalue weighted by atomic mass is 10.1. The number of hydrogen-bond acceptors (Lipinski definition) is 3. The van der Waals surface area contributed by atoms with Crippen LogP contribution in [0, 0.1) is 0 Å². The predicted octanol–water partition coefficient (Wildman–Crippen LogP) is 3.68. The Labute approximate surface area is 147 Å². The van der Waals surface area contributed by atoms with Gasteiger partial charge in [0.2, 0.25) is 5.91 Å². The van der Waals surface area contributed by atoms with Gasteiger partial charge < -0.3 is 9.64 Å². The van der Waals surface area contributed by atoms with E-state index < -0.39 is 0 Å². The number of amides is 1. The third-order valence-electron chi connectivity index (χ3n) is 4.15. The average Bonchev–Trinajstić information content (AvgIpc) is 3.05. The number of carbonyl (C=O) groups excluding carboxylic acids is 2. The van der Waals surface area contributed by atoms with Crippen molar-refractivity contribution in [2.45, 2.75) is 19.4 Å². The molecule has 0 spiro atoms. The Hall–Kier alpha value is -2.88. The van der Waals surface area contributed by atoms with Crippen LogP contribution >= 0.6 is 0 Å². The third-order valence-corrected chi connectivity index (χ3v) is 4.15. The lowest BCUT2D eigenvalue weighted by Crippen LogP contribution is -2.23. The van der Waals surface area contributed by atoms with E-state index in [1.165, 1.54) is 0 Å². The molecule has 3 rings (SSSR count). The Bertz CT molecular complexity index is 750. The summed E-state index contributed by atoms with van der Waals surface area (Å²) in [6, 6.07) is 17.1. The fourth-order valence-electron chi connectivity index (χ4n) is 2.79. The van der Waals surface area contributed by atoms with Crippen LogP contribution in [0.25, 0.3) is 6.08 Å². The highest BCUT2D eigenvalue weighted by atomic mass is 16.5. The minimum absolute atomic E-state index is 0.202. The normalized spacial score (nSPS) is 14.2. The van der Waals surface area contributed by atoms with E-state index in [4.69, 9.17) is 4.74 Å². The van der Waals surface area contributed by atoms with Crippen LogP contribution in [0.2, 0.25) is 0 Å². The summed E-state index contributed by atoms with van der Waals surface area (Å²) in [4.78, 5) is 25.5. The Morgan fingerprint density at radius 2 is 1.84 bits per heavy atom. The molecule has 1 saturated heterocycles. The molecule has 1 aliphatic rings. The van der Waals surface area contributed by atoms with E-state index in [0.29, 0.717) is 18.5 Å². The number of ether oxygens (including phenoxy) is 1. The van der Waals surface area contributed by atoms with Crippen molar-refractivity contribution in [3.63, 3.8) is 0 Å². The van der Waals surface area contributed by atoms with Crippen molar-refractivity contribution < 1.29 is 14.3 Å². The first kappa shape index (κ1) is 17.0. The van der Waals surface area contributed by atoms with Crippen LogP contribution in [0.1, 0.15) is 34.3 Å². The standard InChI is InChI=1S/C21H21NO3/c23-20-9-4-14-22(20)16-18-10-12-19(13-11-18)21(24)25-15-5-8-17-6-2-1-3-7-17/h1-3,5-8,10-13H,4,9,14-16H2. The monoisotopic (exact) mass is 335 g/mol. The van der Waals surface area contributed by atoms with Gasteiger partial charge in [0.05, 0.1) is 5.56 Å². The van der Waals surface area contributed by atoms with E-state index in [1.807, 2.05) is 59.5 Å². The van der Waals surface area contributed by atoms with Gasteiger partial charge in [-0.05, 0) is 35.8 Å². The van der Waals surface area contributed by atoms with Crippen LogP contribution < -0.4 is 0 Å². The summed E-state index contributed by atoms with van der Waals surface area (Å²) in [5.74, 6) is -0.143. The molecule has 0 saturated carbocycles. The summed E-state index contributed by atoms with van der Waals surface area (Å²) in [5, 5.41) is 0. The quantitative estimate of drug-likeness (QED) is 0.757. The van der Waals surface area contributed by atoms with Crippen molar-refractivity contribution in [3.05, 3.63) is 77.4 Å². The number of likely N-dealkylation sites (tertiary alicyclic amines) is 1. The van der Waals surface area contributed by atoms with Gasteiger partial charge in [-0.2, -0.15) is 0 Å². The second-order valence-corrected chi connectivity index (χ2v) is 6.03. The van der Waals surface area contributed by atoms with Crippen molar-refractivity contribution in [2.24, 2.45) is 0 Å². The first-order chi connectivity index (χ1) is 12.2. The third kappa shape index (κ3) is 4.80. The fraction of sp³-hybridized carbons (Fsp3) is 0.238. The average molecular weight is 335 g/mol. The van der Waals surface area contributed by atoms with Crippen molar-refractivity contribution in [1.29, 1.82) is 0 Å². The van der Waals surface area contributed by atoms with Crippen molar-refractivity contribution in [1.82, 2.24) is 4.90 Å². The summed E-state index contributed by atoms with van der Waals surface area (Å²) < 4.78 is 5.25. The molecule has 1 heterocycles. The van der Waals surface area contributed by atoms with Gasteiger partial charge in [-0.25, -0.2) is 4.79 Å². The fourth-order valence-corrected chi connectivity index (χ4v) is 2.79. The largest absolute Gasteiger partial charge is 0.458 e. The second-order valence-electron chi connectivity index (χ2n) is 6.03. The SMILES string of the molecule is O=C(OCC=Cc1ccccc1)c1ccc(CN2CCCC2=O)cc1. The molecule has 1 aliphatic heterocycles. The van der Waals surface area contributed by atoms with Crippen LogP contribution in [0.5, 0.6) is 0 Å². The number of esters is 1. The van der Waals surface area contributed by atoms with E-state index in [0.717, 1.165) is 24.1 Å². The topological polar surface area (TPSA) is 46.6 Å². The van der Waals surface area contributed by atoms with E-state index in [1.54, 1.807) is 12.1 Å². The van der Waals surface area contributed by atoms with Gasteiger partial charge in [-0.1, -0.05) is 48.5 Å². The lowest BCUT2D eigenvalue weighted by molar-refractivity contribution is -0.128. The van der Waals surface area contributed by atoms with Crippen molar-refractivity contribution >= 4 is 18.0 Å². The molecule has 128 valence electrons. The highest BCUT2D eigenvalue weighted by Gasteiger charge is 2.20. The molecule has 25 heavy (non-hydrogen) atoms. The smallest absolute Gasteiger partial charge is 0.338 e. The molecular weight excluding hydrogens is 314 g/mol. The molecule has 0 aliphatic carbocycles. The Morgan fingerprint density at radius 3 is 2.52 bits per heavy atom. The summed E-state index contributed by atoms with van der Waals surface area (Å²) in [7, 11) is 0. The maximum Gasteiger partial charge on any atom is 0.338 e. The highest BCUT2D eigenvalue weighted by molar-refractivity contribution is 5.89. The van der Waals surface area contributed by atoms with Crippen molar-refractivity contribution in [3.8, 4) is 0 Å². The summed E-state index contributed by atoms with van der Waals surface area (Å²) in [5.41, 5.74) is 2.61. The zero-order valence-electron chi connectivity index (χ0n) is 14.1. The van der Waals surface area contributed by atoms with Crippen molar-refractivity contribution in [2.75, 3.05) is 13.2 Å². The minimum atomic E-state index is -0.346. The number of benzene rings is 2. The molecule has 0 bridgehead atoms. The van der Waals surface area contributed by atoms with Gasteiger partial charge in [0.15, 0.2) is 0 Å². The molecule has 1 amide bonds. The van der Waals surface area contributed by atoms with Gasteiger partial charge in [-0.3, -0.25) is 4.79 Å². The second kappa shape index (κ2) is 8.29. The van der Waals surface area contributed by atoms with E-state index in [9.17, 15) is 9.59 Å². The van der Waals surface area contributed by atoms with Gasteiger partial charge >= 0.3 is 5.97 Å². The molecular formula is C21H21NO3. The molecule has 4 heteroatoms. The van der Waals surface area contributed by atoms with Gasteiger partial charge in [-0.15, -0.1) is 0 Å². The molecule has 0 aromatic heterocycles. The molecule has 2 aromatic carbocycles.